The minimum atomic E-state index is -0.446. The monoisotopic (exact) mass is 431 g/mol. The Kier molecular flexibility index (Phi) is 8.33. The number of aromatic nitrogens is 2. The molecule has 2 aromatic rings. The molecule has 0 unspecified atom stereocenters. The van der Waals surface area contributed by atoms with E-state index in [4.69, 9.17) is 9.47 Å². The molecule has 2 heterocycles. The molecule has 1 aromatic carbocycles. The fourth-order valence-electron chi connectivity index (χ4n) is 3.61. The van der Waals surface area contributed by atoms with Crippen molar-refractivity contribution in [1.82, 2.24) is 14.5 Å². The number of nitrogens with zero attached hydrogens (tertiary/aromatic N) is 3. The van der Waals surface area contributed by atoms with Crippen molar-refractivity contribution in [2.24, 2.45) is 0 Å². The van der Waals surface area contributed by atoms with Crippen LogP contribution in [0.4, 0.5) is 0 Å². The molecule has 7 nitrogen and oxygen atoms in total. The number of rotatable bonds is 9. The van der Waals surface area contributed by atoms with Gasteiger partial charge in [0.05, 0.1) is 31.8 Å². The molecule has 1 fully saturated rings. The normalized spacial score (nSPS) is 15.1. The largest absolute Gasteiger partial charge is 0.461 e. The van der Waals surface area contributed by atoms with Gasteiger partial charge in [-0.05, 0) is 25.4 Å². The second kappa shape index (κ2) is 11.2. The summed E-state index contributed by atoms with van der Waals surface area (Å²) in [7, 11) is 0. The molecule has 0 N–H and O–H groups in total. The maximum atomic E-state index is 13.0. The molecule has 1 atom stereocenters. The molecule has 1 aliphatic rings. The number of hydrogen-bond donors (Lipinski definition) is 0. The van der Waals surface area contributed by atoms with Crippen LogP contribution in [-0.2, 0) is 14.3 Å². The van der Waals surface area contributed by atoms with Crippen LogP contribution >= 0.6 is 11.8 Å². The third-order valence-electron chi connectivity index (χ3n) is 5.13. The molecule has 0 aliphatic carbocycles. The van der Waals surface area contributed by atoms with Crippen molar-refractivity contribution < 1.29 is 19.1 Å². The fourth-order valence-corrected chi connectivity index (χ4v) is 4.11. The Hall–Kier alpha value is -2.32. The highest BCUT2D eigenvalue weighted by atomic mass is 32.2. The van der Waals surface area contributed by atoms with E-state index in [1.54, 1.807) is 25.0 Å². The van der Waals surface area contributed by atoms with E-state index in [0.29, 0.717) is 38.4 Å². The first-order valence-electron chi connectivity index (χ1n) is 10.3. The van der Waals surface area contributed by atoms with Crippen LogP contribution in [0.2, 0.25) is 0 Å². The number of imidazole rings is 1. The summed E-state index contributed by atoms with van der Waals surface area (Å²) in [4.78, 5) is 31.8. The quantitative estimate of drug-likeness (QED) is 0.568. The van der Waals surface area contributed by atoms with E-state index >= 15 is 0 Å². The predicted molar refractivity (Wildman–Crippen MR) is 118 cm³/mol. The van der Waals surface area contributed by atoms with Gasteiger partial charge in [-0.1, -0.05) is 30.3 Å². The van der Waals surface area contributed by atoms with Gasteiger partial charge in [-0.25, -0.2) is 9.78 Å². The SMILES string of the molecule is CCOC(=O)c1ncn([C@@H](CCSC)CC(=O)N2CCOCC2)c1-c1ccccc1. The topological polar surface area (TPSA) is 73.7 Å². The van der Waals surface area contributed by atoms with Crippen LogP contribution < -0.4 is 0 Å². The van der Waals surface area contributed by atoms with Gasteiger partial charge in [-0.2, -0.15) is 11.8 Å². The van der Waals surface area contributed by atoms with E-state index in [0.717, 1.165) is 17.7 Å². The van der Waals surface area contributed by atoms with Crippen LogP contribution in [0, 0.1) is 0 Å². The van der Waals surface area contributed by atoms with Crippen LogP contribution in [0.25, 0.3) is 11.3 Å². The lowest BCUT2D eigenvalue weighted by Gasteiger charge is -2.29. The van der Waals surface area contributed by atoms with Crippen molar-refractivity contribution >= 4 is 23.6 Å². The molecule has 1 aliphatic heterocycles. The zero-order chi connectivity index (χ0) is 21.3. The smallest absolute Gasteiger partial charge is 0.359 e. The Morgan fingerprint density at radius 2 is 1.97 bits per heavy atom. The van der Waals surface area contributed by atoms with E-state index in [1.165, 1.54) is 0 Å². The fraction of sp³-hybridized carbons (Fsp3) is 0.500. The highest BCUT2D eigenvalue weighted by molar-refractivity contribution is 7.98. The van der Waals surface area contributed by atoms with Gasteiger partial charge in [-0.3, -0.25) is 4.79 Å². The lowest BCUT2D eigenvalue weighted by Crippen LogP contribution is -2.41. The molecule has 162 valence electrons. The van der Waals surface area contributed by atoms with Crippen LogP contribution in [0.1, 0.15) is 36.3 Å². The first-order valence-corrected chi connectivity index (χ1v) is 11.7. The molecule has 1 aromatic heterocycles. The number of ether oxygens (including phenoxy) is 2. The summed E-state index contributed by atoms with van der Waals surface area (Å²) in [5, 5.41) is 0. The minimum absolute atomic E-state index is 0.0984. The van der Waals surface area contributed by atoms with Gasteiger partial charge in [0.2, 0.25) is 5.91 Å². The maximum Gasteiger partial charge on any atom is 0.359 e. The van der Waals surface area contributed by atoms with Gasteiger partial charge in [0.25, 0.3) is 0 Å². The number of amides is 1. The van der Waals surface area contributed by atoms with E-state index < -0.39 is 5.97 Å². The Balaban J connectivity index is 1.95. The second-order valence-electron chi connectivity index (χ2n) is 7.07. The summed E-state index contributed by atoms with van der Waals surface area (Å²) in [6, 6.07) is 9.59. The summed E-state index contributed by atoms with van der Waals surface area (Å²) < 4.78 is 12.6. The molecule has 30 heavy (non-hydrogen) atoms. The van der Waals surface area contributed by atoms with Crippen molar-refractivity contribution in [2.75, 3.05) is 44.9 Å². The number of thioether (sulfide) groups is 1. The van der Waals surface area contributed by atoms with Gasteiger partial charge in [0.1, 0.15) is 0 Å². The van der Waals surface area contributed by atoms with Crippen LogP contribution in [0.3, 0.4) is 0 Å². The number of carbonyl (C=O) groups is 2. The molecular weight excluding hydrogens is 402 g/mol. The number of esters is 1. The highest BCUT2D eigenvalue weighted by Crippen LogP contribution is 2.31. The number of morpholine rings is 1. The maximum absolute atomic E-state index is 13.0. The van der Waals surface area contributed by atoms with Crippen LogP contribution in [0.15, 0.2) is 36.7 Å². The van der Waals surface area contributed by atoms with Crippen molar-refractivity contribution in [3.8, 4) is 11.3 Å². The van der Waals surface area contributed by atoms with Gasteiger partial charge in [-0.15, -0.1) is 0 Å². The number of hydrogen-bond acceptors (Lipinski definition) is 6. The third kappa shape index (κ3) is 5.43. The Morgan fingerprint density at radius 3 is 2.63 bits per heavy atom. The summed E-state index contributed by atoms with van der Waals surface area (Å²) in [5.41, 5.74) is 1.87. The molecule has 1 amide bonds. The molecule has 0 spiro atoms. The first kappa shape index (κ1) is 22.4. The zero-order valence-corrected chi connectivity index (χ0v) is 18.4. The Labute approximate surface area is 181 Å². The van der Waals surface area contributed by atoms with Gasteiger partial charge < -0.3 is 18.9 Å². The van der Waals surface area contributed by atoms with Gasteiger partial charge in [0.15, 0.2) is 5.69 Å². The standard InChI is InChI=1S/C22H29N3O4S/c1-3-29-22(27)20-21(17-7-5-4-6-8-17)25(16-23-20)18(9-14-30-2)15-19(26)24-10-12-28-13-11-24/h4-8,16,18H,3,9-15H2,1-2H3/t18-/m0/s1. The molecule has 1 saturated heterocycles. The summed E-state index contributed by atoms with van der Waals surface area (Å²) >= 11 is 1.74. The van der Waals surface area contributed by atoms with Gasteiger partial charge in [0, 0.05) is 31.1 Å². The average molecular weight is 432 g/mol. The van der Waals surface area contributed by atoms with Crippen molar-refractivity contribution in [3.05, 3.63) is 42.4 Å². The van der Waals surface area contributed by atoms with E-state index in [1.807, 2.05) is 39.8 Å². The predicted octanol–water partition coefficient (Wildman–Crippen LogP) is 3.27. The lowest BCUT2D eigenvalue weighted by molar-refractivity contribution is -0.136. The number of benzene rings is 1. The Bertz CT molecular complexity index is 834. The molecule has 0 radical (unpaired) electrons. The van der Waals surface area contributed by atoms with E-state index in [2.05, 4.69) is 11.2 Å². The summed E-state index contributed by atoms with van der Waals surface area (Å²) in [6.45, 7) is 4.46. The molecule has 0 bridgehead atoms. The average Bonchev–Trinajstić information content (AvgIpc) is 3.23. The van der Waals surface area contributed by atoms with Crippen molar-refractivity contribution in [3.63, 3.8) is 0 Å². The highest BCUT2D eigenvalue weighted by Gasteiger charge is 2.27. The molecule has 3 rings (SSSR count). The summed E-state index contributed by atoms with van der Waals surface area (Å²) in [5.74, 6) is 0.565. The number of carbonyl (C=O) groups excluding carboxylic acids is 2. The third-order valence-corrected chi connectivity index (χ3v) is 5.78. The van der Waals surface area contributed by atoms with Crippen molar-refractivity contribution in [1.29, 1.82) is 0 Å². The van der Waals surface area contributed by atoms with E-state index in [9.17, 15) is 9.59 Å². The minimum Gasteiger partial charge on any atom is -0.461 e. The molecular formula is C22H29N3O4S. The molecule has 8 heteroatoms. The Morgan fingerprint density at radius 1 is 1.23 bits per heavy atom. The van der Waals surface area contributed by atoms with Gasteiger partial charge >= 0.3 is 5.97 Å². The zero-order valence-electron chi connectivity index (χ0n) is 17.6. The second-order valence-corrected chi connectivity index (χ2v) is 8.05. The van der Waals surface area contributed by atoms with Crippen molar-refractivity contribution in [2.45, 2.75) is 25.8 Å². The molecule has 0 saturated carbocycles. The lowest BCUT2D eigenvalue weighted by atomic mass is 10.1. The van der Waals surface area contributed by atoms with Crippen LogP contribution in [0.5, 0.6) is 0 Å². The first-order chi connectivity index (χ1) is 14.7. The summed E-state index contributed by atoms with van der Waals surface area (Å²) in [6.07, 6.45) is 4.89. The van der Waals surface area contributed by atoms with E-state index in [-0.39, 0.29) is 24.2 Å². The van der Waals surface area contributed by atoms with Crippen LogP contribution in [-0.4, -0.2) is 71.2 Å².